The third kappa shape index (κ3) is 7.73. The van der Waals surface area contributed by atoms with E-state index in [2.05, 4.69) is 25.2 Å². The van der Waals surface area contributed by atoms with Gasteiger partial charge in [-0.1, -0.05) is 19.1 Å². The van der Waals surface area contributed by atoms with Crippen LogP contribution in [0.25, 0.3) is 0 Å². The highest BCUT2D eigenvalue weighted by molar-refractivity contribution is 5.70. The zero-order valence-corrected chi connectivity index (χ0v) is 22.5. The van der Waals surface area contributed by atoms with E-state index >= 15 is 0 Å². The van der Waals surface area contributed by atoms with Crippen LogP contribution in [0, 0.1) is 5.92 Å². The molecule has 2 heterocycles. The first kappa shape index (κ1) is 28.9. The molecule has 1 saturated heterocycles. The van der Waals surface area contributed by atoms with E-state index in [4.69, 9.17) is 4.74 Å². The van der Waals surface area contributed by atoms with Gasteiger partial charge >= 0.3 is 12.1 Å². The van der Waals surface area contributed by atoms with E-state index < -0.39 is 23.6 Å². The molecule has 3 aromatic rings. The number of benzene rings is 2. The van der Waals surface area contributed by atoms with Gasteiger partial charge in [0.05, 0.1) is 18.0 Å². The Labute approximate surface area is 231 Å². The molecule has 1 aliphatic heterocycles. The molecular weight excluding hydrogens is 525 g/mol. The quantitative estimate of drug-likeness (QED) is 0.302. The third-order valence-corrected chi connectivity index (χ3v) is 6.75. The van der Waals surface area contributed by atoms with Gasteiger partial charge in [0.1, 0.15) is 12.4 Å². The third-order valence-electron chi connectivity index (χ3n) is 6.75. The van der Waals surface area contributed by atoms with Gasteiger partial charge < -0.3 is 25.0 Å². The maximum atomic E-state index is 12.9. The van der Waals surface area contributed by atoms with Gasteiger partial charge in [0.25, 0.3) is 0 Å². The van der Waals surface area contributed by atoms with Gasteiger partial charge in [0.15, 0.2) is 0 Å². The summed E-state index contributed by atoms with van der Waals surface area (Å²) in [6, 6.07) is 12.1. The van der Waals surface area contributed by atoms with Crippen LogP contribution in [0.2, 0.25) is 0 Å². The van der Waals surface area contributed by atoms with Crippen molar-refractivity contribution in [3.8, 4) is 5.75 Å². The second-order valence-corrected chi connectivity index (χ2v) is 9.71. The number of anilines is 4. The topological polar surface area (TPSA) is 104 Å². The standard InChI is InChI=1S/C28H33F3N6O3/c1-3-20(24(38)39)18-19-6-12-23(13-7-19)40-17-16-36(2)26-33-25(34-27(35-26)37-14-4-5-15-37)32-22-10-8-21(9-11-22)28(29,30)31/h6-13,20H,3-5,14-18H2,1-2H3,(H,38,39)(H,32,33,34,35). The molecule has 0 radical (unpaired) electrons. The van der Waals surface area contributed by atoms with Crippen molar-refractivity contribution in [3.63, 3.8) is 0 Å². The molecule has 1 aromatic heterocycles. The maximum absolute atomic E-state index is 12.9. The summed E-state index contributed by atoms with van der Waals surface area (Å²) in [5, 5.41) is 12.3. The van der Waals surface area contributed by atoms with E-state index in [9.17, 15) is 23.1 Å². The molecule has 1 fully saturated rings. The van der Waals surface area contributed by atoms with Gasteiger partial charge in [-0.2, -0.15) is 28.1 Å². The SMILES string of the molecule is CCC(Cc1ccc(OCCN(C)c2nc(Nc3ccc(C(F)(F)F)cc3)nc(N3CCCC3)n2)cc1)C(=O)O. The van der Waals surface area contributed by atoms with Crippen molar-refractivity contribution < 1.29 is 27.8 Å². The minimum Gasteiger partial charge on any atom is -0.492 e. The van der Waals surface area contributed by atoms with Crippen molar-refractivity contribution in [1.82, 2.24) is 15.0 Å². The van der Waals surface area contributed by atoms with Crippen molar-refractivity contribution in [2.45, 2.75) is 38.8 Å². The molecule has 2 N–H and O–H groups in total. The van der Waals surface area contributed by atoms with Gasteiger partial charge in [0, 0.05) is 25.8 Å². The van der Waals surface area contributed by atoms with E-state index in [-0.39, 0.29) is 5.95 Å². The molecular formula is C28H33F3N6O3. The Balaban J connectivity index is 1.40. The molecule has 0 amide bonds. The summed E-state index contributed by atoms with van der Waals surface area (Å²) in [7, 11) is 1.83. The zero-order chi connectivity index (χ0) is 28.7. The fourth-order valence-electron chi connectivity index (χ4n) is 4.32. The number of aliphatic carboxylic acids is 1. The van der Waals surface area contributed by atoms with Gasteiger partial charge in [-0.3, -0.25) is 4.79 Å². The number of carbonyl (C=O) groups is 1. The number of hydrogen-bond acceptors (Lipinski definition) is 8. The van der Waals surface area contributed by atoms with Crippen molar-refractivity contribution >= 4 is 29.5 Å². The van der Waals surface area contributed by atoms with Crippen LogP contribution in [-0.2, 0) is 17.4 Å². The number of hydrogen-bond donors (Lipinski definition) is 2. The van der Waals surface area contributed by atoms with Gasteiger partial charge in [-0.25, -0.2) is 0 Å². The Morgan fingerprint density at radius 3 is 2.35 bits per heavy atom. The van der Waals surface area contributed by atoms with E-state index in [0.717, 1.165) is 43.6 Å². The van der Waals surface area contributed by atoms with Crippen LogP contribution in [0.5, 0.6) is 5.75 Å². The van der Waals surface area contributed by atoms with Gasteiger partial charge in [0.2, 0.25) is 17.8 Å². The van der Waals surface area contributed by atoms with Crippen molar-refractivity contribution in [1.29, 1.82) is 0 Å². The van der Waals surface area contributed by atoms with Crippen LogP contribution in [-0.4, -0.2) is 59.3 Å². The molecule has 12 heteroatoms. The molecule has 9 nitrogen and oxygen atoms in total. The van der Waals surface area contributed by atoms with Crippen LogP contribution >= 0.6 is 0 Å². The molecule has 2 aromatic carbocycles. The lowest BCUT2D eigenvalue weighted by Gasteiger charge is -2.21. The Kier molecular flexibility index (Phi) is 9.28. The normalized spacial score (nSPS) is 14.2. The second-order valence-electron chi connectivity index (χ2n) is 9.71. The van der Waals surface area contributed by atoms with Crippen molar-refractivity contribution in [2.24, 2.45) is 5.92 Å². The number of carboxylic acids is 1. The first-order valence-corrected chi connectivity index (χ1v) is 13.2. The Bertz CT molecular complexity index is 1270. The fourth-order valence-corrected chi connectivity index (χ4v) is 4.32. The highest BCUT2D eigenvalue weighted by Gasteiger charge is 2.30. The van der Waals surface area contributed by atoms with Crippen LogP contribution < -0.4 is 19.9 Å². The number of halogens is 3. The van der Waals surface area contributed by atoms with Crippen LogP contribution in [0.1, 0.15) is 37.3 Å². The smallest absolute Gasteiger partial charge is 0.416 e. The number of likely N-dealkylation sites (N-methyl/N-ethyl adjacent to an activating group) is 1. The molecule has 0 aliphatic carbocycles. The number of carboxylic acid groups (broad SMARTS) is 1. The second kappa shape index (κ2) is 12.8. The molecule has 0 saturated carbocycles. The predicted molar refractivity (Wildman–Crippen MR) is 146 cm³/mol. The van der Waals surface area contributed by atoms with E-state index in [1.807, 2.05) is 43.1 Å². The lowest BCUT2D eigenvalue weighted by atomic mass is 9.97. The fraction of sp³-hybridized carbons (Fsp3) is 0.429. The summed E-state index contributed by atoms with van der Waals surface area (Å²) >= 11 is 0. The first-order chi connectivity index (χ1) is 19.1. The number of nitrogens with one attached hydrogen (secondary N) is 1. The number of rotatable bonds is 12. The number of alkyl halides is 3. The Hall–Kier alpha value is -4.09. The molecule has 4 rings (SSSR count). The first-order valence-electron chi connectivity index (χ1n) is 13.2. The van der Waals surface area contributed by atoms with Crippen LogP contribution in [0.3, 0.4) is 0 Å². The van der Waals surface area contributed by atoms with Gasteiger partial charge in [-0.05, 0) is 67.6 Å². The molecule has 214 valence electrons. The minimum absolute atomic E-state index is 0.238. The average molecular weight is 559 g/mol. The highest BCUT2D eigenvalue weighted by Crippen LogP contribution is 2.30. The van der Waals surface area contributed by atoms with Gasteiger partial charge in [-0.15, -0.1) is 0 Å². The number of aromatic nitrogens is 3. The largest absolute Gasteiger partial charge is 0.492 e. The Morgan fingerprint density at radius 1 is 1.07 bits per heavy atom. The van der Waals surface area contributed by atoms with Crippen molar-refractivity contribution in [2.75, 3.05) is 48.4 Å². The molecule has 1 unspecified atom stereocenters. The lowest BCUT2D eigenvalue weighted by Crippen LogP contribution is -2.28. The van der Waals surface area contributed by atoms with Crippen LogP contribution in [0.4, 0.5) is 36.7 Å². The summed E-state index contributed by atoms with van der Waals surface area (Å²) in [6.45, 7) is 4.30. The average Bonchev–Trinajstić information content (AvgIpc) is 3.47. The maximum Gasteiger partial charge on any atom is 0.416 e. The Morgan fingerprint density at radius 2 is 1.75 bits per heavy atom. The minimum atomic E-state index is -4.41. The van der Waals surface area contributed by atoms with Crippen molar-refractivity contribution in [3.05, 3.63) is 59.7 Å². The molecule has 40 heavy (non-hydrogen) atoms. The summed E-state index contributed by atoms with van der Waals surface area (Å²) in [6.07, 6.45) is -1.32. The molecule has 0 spiro atoms. The summed E-state index contributed by atoms with van der Waals surface area (Å²) in [5.74, 6) is 0.608. The molecule has 1 aliphatic rings. The number of ether oxygens (including phenoxy) is 1. The molecule has 0 bridgehead atoms. The number of nitrogens with zero attached hydrogens (tertiary/aromatic N) is 5. The summed E-state index contributed by atoms with van der Waals surface area (Å²) < 4.78 is 44.7. The molecule has 1 atom stereocenters. The summed E-state index contributed by atoms with van der Waals surface area (Å²) in [5.41, 5.74) is 0.638. The highest BCUT2D eigenvalue weighted by atomic mass is 19.4. The van der Waals surface area contributed by atoms with Crippen LogP contribution in [0.15, 0.2) is 48.5 Å². The lowest BCUT2D eigenvalue weighted by molar-refractivity contribution is -0.141. The van der Waals surface area contributed by atoms with E-state index in [0.29, 0.717) is 49.3 Å². The summed E-state index contributed by atoms with van der Waals surface area (Å²) in [4.78, 5) is 28.8. The zero-order valence-electron chi connectivity index (χ0n) is 22.5. The van der Waals surface area contributed by atoms with E-state index in [1.54, 1.807) is 0 Å². The monoisotopic (exact) mass is 558 g/mol. The predicted octanol–water partition coefficient (Wildman–Crippen LogP) is 5.40. The van der Waals surface area contributed by atoms with E-state index in [1.165, 1.54) is 12.1 Å².